The molecule has 1 aromatic rings. The molecule has 1 amide bonds. The standard InChI is InChI=1S/C14H21N3O/c1-17(8-7-14(18)16-13-5-6-13)10-11-3-2-4-12(15)9-11/h2-4,9,13H,5-8,10,15H2,1H3,(H,16,18). The van der Waals surface area contributed by atoms with E-state index in [0.717, 1.165) is 31.6 Å². The fourth-order valence-corrected chi connectivity index (χ4v) is 1.90. The zero-order valence-corrected chi connectivity index (χ0v) is 10.9. The van der Waals surface area contributed by atoms with Crippen LogP contribution in [0, 0.1) is 0 Å². The molecular formula is C14H21N3O. The predicted octanol–water partition coefficient (Wildman–Crippen LogP) is 1.37. The van der Waals surface area contributed by atoms with Gasteiger partial charge in [-0.15, -0.1) is 0 Å². The number of hydrogen-bond donors (Lipinski definition) is 2. The van der Waals surface area contributed by atoms with Crippen molar-refractivity contribution >= 4 is 11.6 Å². The van der Waals surface area contributed by atoms with Gasteiger partial charge in [-0.3, -0.25) is 4.79 Å². The van der Waals surface area contributed by atoms with E-state index >= 15 is 0 Å². The van der Waals surface area contributed by atoms with Crippen LogP contribution in [0.5, 0.6) is 0 Å². The lowest BCUT2D eigenvalue weighted by atomic mass is 10.2. The maximum Gasteiger partial charge on any atom is 0.221 e. The molecular weight excluding hydrogens is 226 g/mol. The number of amides is 1. The Morgan fingerprint density at radius 2 is 2.28 bits per heavy atom. The molecule has 2 rings (SSSR count). The molecule has 4 nitrogen and oxygen atoms in total. The van der Waals surface area contributed by atoms with Gasteiger partial charge in [0.15, 0.2) is 0 Å². The van der Waals surface area contributed by atoms with Gasteiger partial charge in [-0.25, -0.2) is 0 Å². The van der Waals surface area contributed by atoms with Crippen LogP contribution in [0.1, 0.15) is 24.8 Å². The average Bonchev–Trinajstić information content (AvgIpc) is 3.10. The van der Waals surface area contributed by atoms with Gasteiger partial charge in [0.25, 0.3) is 0 Å². The fourth-order valence-electron chi connectivity index (χ4n) is 1.90. The molecule has 0 radical (unpaired) electrons. The third kappa shape index (κ3) is 4.37. The van der Waals surface area contributed by atoms with Crippen LogP contribution < -0.4 is 11.1 Å². The van der Waals surface area contributed by atoms with Crippen molar-refractivity contribution in [2.75, 3.05) is 19.3 Å². The Morgan fingerprint density at radius 1 is 1.50 bits per heavy atom. The number of nitrogens with two attached hydrogens (primary N) is 1. The SMILES string of the molecule is CN(CCC(=O)NC1CC1)Cc1cccc(N)c1. The van der Waals surface area contributed by atoms with Gasteiger partial charge in [0.2, 0.25) is 5.91 Å². The number of anilines is 1. The molecule has 0 aromatic heterocycles. The summed E-state index contributed by atoms with van der Waals surface area (Å²) < 4.78 is 0. The largest absolute Gasteiger partial charge is 0.399 e. The van der Waals surface area contributed by atoms with Gasteiger partial charge in [-0.05, 0) is 37.6 Å². The molecule has 0 aliphatic heterocycles. The Balaban J connectivity index is 1.70. The van der Waals surface area contributed by atoms with E-state index in [2.05, 4.69) is 16.3 Å². The molecule has 1 fully saturated rings. The number of benzene rings is 1. The van der Waals surface area contributed by atoms with E-state index in [1.54, 1.807) is 0 Å². The quantitative estimate of drug-likeness (QED) is 0.746. The van der Waals surface area contributed by atoms with Crippen molar-refractivity contribution in [3.8, 4) is 0 Å². The van der Waals surface area contributed by atoms with Crippen LogP contribution >= 0.6 is 0 Å². The van der Waals surface area contributed by atoms with Crippen LogP contribution in [0.25, 0.3) is 0 Å². The van der Waals surface area contributed by atoms with Gasteiger partial charge in [0.05, 0.1) is 0 Å². The lowest BCUT2D eigenvalue weighted by molar-refractivity contribution is -0.121. The van der Waals surface area contributed by atoms with Crippen molar-refractivity contribution in [3.63, 3.8) is 0 Å². The molecule has 18 heavy (non-hydrogen) atoms. The number of nitrogen functional groups attached to an aromatic ring is 1. The minimum absolute atomic E-state index is 0.164. The van der Waals surface area contributed by atoms with Crippen LogP contribution in [-0.4, -0.2) is 30.4 Å². The van der Waals surface area contributed by atoms with E-state index in [9.17, 15) is 4.79 Å². The first kappa shape index (κ1) is 12.9. The molecule has 1 saturated carbocycles. The van der Waals surface area contributed by atoms with E-state index in [4.69, 9.17) is 5.73 Å². The molecule has 3 N–H and O–H groups in total. The predicted molar refractivity (Wildman–Crippen MR) is 73.0 cm³/mol. The zero-order chi connectivity index (χ0) is 13.0. The molecule has 4 heteroatoms. The fraction of sp³-hybridized carbons (Fsp3) is 0.500. The van der Waals surface area contributed by atoms with E-state index in [1.807, 2.05) is 25.2 Å². The van der Waals surface area contributed by atoms with Crippen molar-refractivity contribution in [1.29, 1.82) is 0 Å². The van der Waals surface area contributed by atoms with Crippen molar-refractivity contribution in [1.82, 2.24) is 10.2 Å². The number of carbonyl (C=O) groups excluding carboxylic acids is 1. The Kier molecular flexibility index (Phi) is 4.20. The first-order valence-corrected chi connectivity index (χ1v) is 6.46. The molecule has 0 saturated heterocycles. The summed E-state index contributed by atoms with van der Waals surface area (Å²) in [5, 5.41) is 3.00. The third-order valence-corrected chi connectivity index (χ3v) is 3.07. The van der Waals surface area contributed by atoms with Gasteiger partial charge < -0.3 is 16.0 Å². The number of hydrogen-bond acceptors (Lipinski definition) is 3. The van der Waals surface area contributed by atoms with Crippen molar-refractivity contribution < 1.29 is 4.79 Å². The highest BCUT2D eigenvalue weighted by Crippen LogP contribution is 2.18. The summed E-state index contributed by atoms with van der Waals surface area (Å²) in [6.07, 6.45) is 2.85. The Morgan fingerprint density at radius 3 is 2.94 bits per heavy atom. The normalized spacial score (nSPS) is 14.8. The molecule has 1 aromatic carbocycles. The highest BCUT2D eigenvalue weighted by Gasteiger charge is 2.22. The molecule has 0 bridgehead atoms. The summed E-state index contributed by atoms with van der Waals surface area (Å²) in [5.74, 6) is 0.164. The van der Waals surface area contributed by atoms with E-state index in [0.29, 0.717) is 12.5 Å². The second-order valence-corrected chi connectivity index (χ2v) is 5.07. The van der Waals surface area contributed by atoms with Crippen LogP contribution in [0.3, 0.4) is 0 Å². The summed E-state index contributed by atoms with van der Waals surface area (Å²) in [4.78, 5) is 13.7. The lowest BCUT2D eigenvalue weighted by Crippen LogP contribution is -2.29. The molecule has 1 aliphatic rings. The Bertz CT molecular complexity index is 415. The van der Waals surface area contributed by atoms with Gasteiger partial charge in [0, 0.05) is 31.2 Å². The monoisotopic (exact) mass is 247 g/mol. The van der Waals surface area contributed by atoms with Crippen LogP contribution in [-0.2, 0) is 11.3 Å². The van der Waals surface area contributed by atoms with Gasteiger partial charge in [-0.2, -0.15) is 0 Å². The number of nitrogens with zero attached hydrogens (tertiary/aromatic N) is 1. The maximum absolute atomic E-state index is 11.5. The summed E-state index contributed by atoms with van der Waals surface area (Å²) in [6, 6.07) is 8.32. The maximum atomic E-state index is 11.5. The lowest BCUT2D eigenvalue weighted by Gasteiger charge is -2.16. The van der Waals surface area contributed by atoms with Gasteiger partial charge in [-0.1, -0.05) is 12.1 Å². The van der Waals surface area contributed by atoms with Crippen molar-refractivity contribution in [2.45, 2.75) is 31.8 Å². The molecule has 1 aliphatic carbocycles. The highest BCUT2D eigenvalue weighted by atomic mass is 16.1. The molecule has 0 spiro atoms. The first-order chi connectivity index (χ1) is 8.63. The summed E-state index contributed by atoms with van der Waals surface area (Å²) in [6.45, 7) is 1.59. The second kappa shape index (κ2) is 5.87. The average molecular weight is 247 g/mol. The summed E-state index contributed by atoms with van der Waals surface area (Å²) in [7, 11) is 2.02. The smallest absolute Gasteiger partial charge is 0.221 e. The van der Waals surface area contributed by atoms with Crippen molar-refractivity contribution in [2.24, 2.45) is 0 Å². The van der Waals surface area contributed by atoms with Crippen molar-refractivity contribution in [3.05, 3.63) is 29.8 Å². The first-order valence-electron chi connectivity index (χ1n) is 6.46. The Hall–Kier alpha value is -1.55. The zero-order valence-electron chi connectivity index (χ0n) is 10.9. The second-order valence-electron chi connectivity index (χ2n) is 5.07. The van der Waals surface area contributed by atoms with E-state index < -0.39 is 0 Å². The number of carbonyl (C=O) groups is 1. The van der Waals surface area contributed by atoms with Gasteiger partial charge >= 0.3 is 0 Å². The minimum atomic E-state index is 0.164. The summed E-state index contributed by atoms with van der Waals surface area (Å²) in [5.41, 5.74) is 7.70. The van der Waals surface area contributed by atoms with Crippen LogP contribution in [0.2, 0.25) is 0 Å². The molecule has 0 heterocycles. The van der Waals surface area contributed by atoms with E-state index in [-0.39, 0.29) is 5.91 Å². The number of rotatable bonds is 6. The molecule has 0 atom stereocenters. The third-order valence-electron chi connectivity index (χ3n) is 3.07. The number of nitrogens with one attached hydrogen (secondary N) is 1. The highest BCUT2D eigenvalue weighted by molar-refractivity contribution is 5.76. The molecule has 0 unspecified atom stereocenters. The van der Waals surface area contributed by atoms with Crippen LogP contribution in [0.4, 0.5) is 5.69 Å². The van der Waals surface area contributed by atoms with Crippen LogP contribution in [0.15, 0.2) is 24.3 Å². The topological polar surface area (TPSA) is 58.4 Å². The van der Waals surface area contributed by atoms with Gasteiger partial charge in [0.1, 0.15) is 0 Å². The van der Waals surface area contributed by atoms with E-state index in [1.165, 1.54) is 5.56 Å². The minimum Gasteiger partial charge on any atom is -0.399 e. The summed E-state index contributed by atoms with van der Waals surface area (Å²) >= 11 is 0. The molecule has 98 valence electrons. The Labute approximate surface area is 108 Å².